The Morgan fingerprint density at radius 2 is 2.60 bits per heavy atom. The molecule has 0 bridgehead atoms. The lowest BCUT2D eigenvalue weighted by Gasteiger charge is -2.32. The number of rotatable bonds is 3. The van der Waals surface area contributed by atoms with Gasteiger partial charge in [-0.2, -0.15) is 0 Å². The van der Waals surface area contributed by atoms with Crippen molar-refractivity contribution in [3.63, 3.8) is 0 Å². The predicted octanol–water partition coefficient (Wildman–Crippen LogP) is 0.230. The summed E-state index contributed by atoms with van der Waals surface area (Å²) in [6.45, 7) is 2.61. The van der Waals surface area contributed by atoms with E-state index in [4.69, 9.17) is 4.74 Å². The van der Waals surface area contributed by atoms with Crippen molar-refractivity contribution >= 4 is 0 Å². The van der Waals surface area contributed by atoms with Gasteiger partial charge >= 0.3 is 0 Å². The molecule has 0 spiro atoms. The molecule has 1 saturated heterocycles. The predicted molar refractivity (Wildman–Crippen MR) is 31.9 cm³/mol. The zero-order valence-electron chi connectivity index (χ0n) is 5.65. The van der Waals surface area contributed by atoms with Gasteiger partial charge in [0.2, 0.25) is 0 Å². The molecule has 0 aromatic carbocycles. The zero-order valence-corrected chi connectivity index (χ0v) is 5.65. The first-order valence-corrected chi connectivity index (χ1v) is 3.09. The molecule has 0 radical (unpaired) electrons. The molecule has 1 aliphatic rings. The van der Waals surface area contributed by atoms with E-state index in [9.17, 15) is 10.1 Å². The zero-order chi connectivity index (χ0) is 7.56. The van der Waals surface area contributed by atoms with Gasteiger partial charge in [0.05, 0.1) is 12.7 Å². The third-order valence-electron chi connectivity index (χ3n) is 1.63. The van der Waals surface area contributed by atoms with E-state index in [-0.39, 0.29) is 18.6 Å². The van der Waals surface area contributed by atoms with Gasteiger partial charge in [0.15, 0.2) is 0 Å². The molecule has 1 aliphatic heterocycles. The van der Waals surface area contributed by atoms with Crippen molar-refractivity contribution in [1.82, 2.24) is 0 Å². The van der Waals surface area contributed by atoms with Crippen molar-refractivity contribution in [2.45, 2.75) is 13.0 Å². The summed E-state index contributed by atoms with van der Waals surface area (Å²) in [4.78, 5) is 13.9. The molecule has 1 heterocycles. The summed E-state index contributed by atoms with van der Waals surface area (Å²) >= 11 is 0. The Kier molecular flexibility index (Phi) is 2.06. The summed E-state index contributed by atoms with van der Waals surface area (Å²) in [5, 5.41) is 8.92. The highest BCUT2D eigenvalue weighted by Gasteiger charge is 2.28. The summed E-state index contributed by atoms with van der Waals surface area (Å²) in [5.41, 5.74) is 0. The minimum atomic E-state index is -0.773. The lowest BCUT2D eigenvalue weighted by atomic mass is 10.0. The Morgan fingerprint density at radius 3 is 2.90 bits per heavy atom. The van der Waals surface area contributed by atoms with Gasteiger partial charge in [0, 0.05) is 5.92 Å². The third-order valence-corrected chi connectivity index (χ3v) is 1.63. The van der Waals surface area contributed by atoms with Crippen LogP contribution in [0, 0.1) is 16.0 Å². The van der Waals surface area contributed by atoms with Crippen LogP contribution >= 0.6 is 0 Å². The molecule has 0 aliphatic carbocycles. The van der Waals surface area contributed by atoms with Crippen molar-refractivity contribution in [2.75, 3.05) is 13.2 Å². The summed E-state index contributed by atoms with van der Waals surface area (Å²) in [7, 11) is 0. The Labute approximate surface area is 58.0 Å². The van der Waals surface area contributed by atoms with E-state index in [0.717, 1.165) is 0 Å². The van der Waals surface area contributed by atoms with Gasteiger partial charge in [-0.25, -0.2) is 0 Å². The van der Waals surface area contributed by atoms with Crippen molar-refractivity contribution in [3.05, 3.63) is 10.1 Å². The maximum absolute atomic E-state index is 9.69. The first-order valence-electron chi connectivity index (χ1n) is 3.09. The minimum Gasteiger partial charge on any atom is -0.378 e. The van der Waals surface area contributed by atoms with E-state index < -0.39 is 5.09 Å². The first-order chi connectivity index (χ1) is 4.70. The van der Waals surface area contributed by atoms with Gasteiger partial charge in [-0.1, -0.05) is 0 Å². The summed E-state index contributed by atoms with van der Waals surface area (Å²) in [6.07, 6.45) is 0.111. The summed E-state index contributed by atoms with van der Waals surface area (Å²) in [5.74, 6) is 0.199. The molecule has 58 valence electrons. The molecular formula is C5H9NO4. The molecule has 2 atom stereocenters. The third kappa shape index (κ3) is 1.57. The highest BCUT2D eigenvalue weighted by molar-refractivity contribution is 4.73. The van der Waals surface area contributed by atoms with Crippen molar-refractivity contribution in [1.29, 1.82) is 0 Å². The van der Waals surface area contributed by atoms with E-state index in [1.165, 1.54) is 0 Å². The Bertz CT molecular complexity index is 138. The lowest BCUT2D eigenvalue weighted by Crippen LogP contribution is -2.40. The highest BCUT2D eigenvalue weighted by atomic mass is 16.9. The smallest absolute Gasteiger partial charge is 0.294 e. The van der Waals surface area contributed by atoms with E-state index in [0.29, 0.717) is 6.61 Å². The molecule has 0 saturated carbocycles. The van der Waals surface area contributed by atoms with Crippen LogP contribution < -0.4 is 0 Å². The van der Waals surface area contributed by atoms with E-state index >= 15 is 0 Å². The van der Waals surface area contributed by atoms with Crippen LogP contribution in [0.5, 0.6) is 0 Å². The lowest BCUT2D eigenvalue weighted by molar-refractivity contribution is -0.760. The minimum absolute atomic E-state index is 0.111. The topological polar surface area (TPSA) is 61.6 Å². The van der Waals surface area contributed by atoms with Gasteiger partial charge in [-0.05, 0) is 6.92 Å². The quantitative estimate of drug-likeness (QED) is 0.423. The average molecular weight is 147 g/mol. The number of hydrogen-bond donors (Lipinski definition) is 0. The molecule has 0 aromatic rings. The van der Waals surface area contributed by atoms with Crippen LogP contribution in [0.2, 0.25) is 0 Å². The van der Waals surface area contributed by atoms with Crippen LogP contribution in [-0.4, -0.2) is 24.4 Å². The number of ether oxygens (including phenoxy) is 1. The standard InChI is InChI=1S/C5H9NO4/c1-4-5(2-9-4)3-10-6(7)8/h4-5H,2-3H2,1H3. The second-order valence-corrected chi connectivity index (χ2v) is 2.32. The second kappa shape index (κ2) is 2.83. The van der Waals surface area contributed by atoms with Crippen LogP contribution in [0.25, 0.3) is 0 Å². The maximum Gasteiger partial charge on any atom is 0.294 e. The molecule has 1 fully saturated rings. The second-order valence-electron chi connectivity index (χ2n) is 2.32. The van der Waals surface area contributed by atoms with Crippen molar-refractivity contribution < 1.29 is 14.7 Å². The molecule has 10 heavy (non-hydrogen) atoms. The van der Waals surface area contributed by atoms with Gasteiger partial charge < -0.3 is 9.57 Å². The van der Waals surface area contributed by atoms with Gasteiger partial charge in [0.25, 0.3) is 5.09 Å². The van der Waals surface area contributed by atoms with Gasteiger partial charge in [-0.3, -0.25) is 0 Å². The van der Waals surface area contributed by atoms with Crippen LogP contribution in [0.15, 0.2) is 0 Å². The molecule has 5 nitrogen and oxygen atoms in total. The molecule has 0 aromatic heterocycles. The highest BCUT2D eigenvalue weighted by Crippen LogP contribution is 2.19. The number of nitrogens with zero attached hydrogens (tertiary/aromatic N) is 1. The van der Waals surface area contributed by atoms with Crippen LogP contribution in [0.4, 0.5) is 0 Å². The fourth-order valence-corrected chi connectivity index (χ4v) is 0.765. The maximum atomic E-state index is 9.69. The molecule has 2 unspecified atom stereocenters. The fraction of sp³-hybridized carbons (Fsp3) is 1.00. The average Bonchev–Trinajstić information content (AvgIpc) is 1.84. The Morgan fingerprint density at radius 1 is 1.90 bits per heavy atom. The SMILES string of the molecule is CC1OCC1CO[N+](=O)[O-]. The summed E-state index contributed by atoms with van der Waals surface area (Å²) < 4.78 is 4.97. The normalized spacial score (nSPS) is 30.9. The molecule has 1 rings (SSSR count). The van der Waals surface area contributed by atoms with E-state index in [1.807, 2.05) is 6.92 Å². The first kappa shape index (κ1) is 7.27. The molecular weight excluding hydrogens is 138 g/mol. The molecule has 5 heteroatoms. The van der Waals surface area contributed by atoms with Crippen LogP contribution in [0.3, 0.4) is 0 Å². The van der Waals surface area contributed by atoms with E-state index in [2.05, 4.69) is 4.84 Å². The Hall–Kier alpha value is -0.840. The van der Waals surface area contributed by atoms with Gasteiger partial charge in [-0.15, -0.1) is 10.1 Å². The molecule has 0 amide bonds. The molecule has 0 N–H and O–H groups in total. The van der Waals surface area contributed by atoms with E-state index in [1.54, 1.807) is 0 Å². The van der Waals surface area contributed by atoms with Crippen LogP contribution in [0.1, 0.15) is 6.92 Å². The van der Waals surface area contributed by atoms with Crippen molar-refractivity contribution in [2.24, 2.45) is 5.92 Å². The monoisotopic (exact) mass is 147 g/mol. The fourth-order valence-electron chi connectivity index (χ4n) is 0.765. The summed E-state index contributed by atoms with van der Waals surface area (Å²) in [6, 6.07) is 0. The van der Waals surface area contributed by atoms with Crippen LogP contribution in [-0.2, 0) is 9.57 Å². The number of hydrogen-bond acceptors (Lipinski definition) is 4. The largest absolute Gasteiger partial charge is 0.378 e. The Balaban J connectivity index is 2.08. The van der Waals surface area contributed by atoms with Gasteiger partial charge in [0.1, 0.15) is 6.61 Å². The van der Waals surface area contributed by atoms with Crippen molar-refractivity contribution in [3.8, 4) is 0 Å².